The number of hydrogen-bond donors (Lipinski definition) is 2. The first kappa shape index (κ1) is 30.7. The van der Waals surface area contributed by atoms with Crippen LogP contribution in [0, 0.1) is 5.92 Å². The number of rotatable bonds is 14. The Kier molecular flexibility index (Phi) is 8.88. The third-order valence-corrected chi connectivity index (χ3v) is 8.37. The SMILES string of the molecule is CN(CCn1cnc(-c2cc(C(=O)O)ccn2)c1)CC1CC1c1cc(C(=O)O)cc(-c2cn(CCN(C)c3ccccc3)cn2)n1. The van der Waals surface area contributed by atoms with Gasteiger partial charge in [0.15, 0.2) is 0 Å². The highest BCUT2D eigenvalue weighted by Crippen LogP contribution is 2.47. The molecule has 2 N–H and O–H groups in total. The van der Waals surface area contributed by atoms with Gasteiger partial charge in [0.05, 0.1) is 35.2 Å². The summed E-state index contributed by atoms with van der Waals surface area (Å²) in [5.74, 6) is -1.41. The van der Waals surface area contributed by atoms with Crippen LogP contribution in [0.4, 0.5) is 5.69 Å². The van der Waals surface area contributed by atoms with Gasteiger partial charge in [-0.25, -0.2) is 19.6 Å². The zero-order valence-electron chi connectivity index (χ0n) is 25.8. The summed E-state index contributed by atoms with van der Waals surface area (Å²) in [5.41, 5.74) is 4.70. The van der Waals surface area contributed by atoms with Gasteiger partial charge in [0.1, 0.15) is 11.4 Å². The van der Waals surface area contributed by atoms with Crippen molar-refractivity contribution in [3.63, 3.8) is 0 Å². The van der Waals surface area contributed by atoms with Crippen molar-refractivity contribution in [1.29, 1.82) is 0 Å². The monoisotopic (exact) mass is 620 g/mol. The Morgan fingerprint density at radius 3 is 2.15 bits per heavy atom. The number of aromatic nitrogens is 6. The van der Waals surface area contributed by atoms with Gasteiger partial charge >= 0.3 is 11.9 Å². The maximum atomic E-state index is 12.0. The molecule has 12 nitrogen and oxygen atoms in total. The van der Waals surface area contributed by atoms with Gasteiger partial charge in [-0.1, -0.05) is 18.2 Å². The Morgan fingerprint density at radius 1 is 0.804 bits per heavy atom. The van der Waals surface area contributed by atoms with E-state index in [0.717, 1.165) is 44.0 Å². The lowest BCUT2D eigenvalue weighted by atomic mass is 10.1. The number of benzene rings is 1. The van der Waals surface area contributed by atoms with Crippen LogP contribution in [0.3, 0.4) is 0 Å². The molecular weight excluding hydrogens is 584 g/mol. The van der Waals surface area contributed by atoms with Gasteiger partial charge in [0.2, 0.25) is 0 Å². The summed E-state index contributed by atoms with van der Waals surface area (Å²) in [6.07, 6.45) is 9.71. The van der Waals surface area contributed by atoms with Crippen molar-refractivity contribution in [3.05, 3.63) is 103 Å². The number of imidazole rings is 2. The number of carboxylic acid groups (broad SMARTS) is 2. The lowest BCUT2D eigenvalue weighted by Crippen LogP contribution is -2.25. The first-order valence-corrected chi connectivity index (χ1v) is 15.2. The summed E-state index contributed by atoms with van der Waals surface area (Å²) >= 11 is 0. The minimum atomic E-state index is -1.00. The minimum Gasteiger partial charge on any atom is -0.478 e. The maximum Gasteiger partial charge on any atom is 0.335 e. The fourth-order valence-corrected chi connectivity index (χ4v) is 5.60. The van der Waals surface area contributed by atoms with Crippen LogP contribution in [-0.4, -0.2) is 89.9 Å². The van der Waals surface area contributed by atoms with Crippen LogP contribution >= 0.6 is 0 Å². The number of aromatic carboxylic acids is 2. The van der Waals surface area contributed by atoms with E-state index in [-0.39, 0.29) is 17.0 Å². The van der Waals surface area contributed by atoms with Crippen LogP contribution in [0.15, 0.2) is 85.8 Å². The van der Waals surface area contributed by atoms with E-state index >= 15 is 0 Å². The number of carboxylic acids is 2. The zero-order valence-corrected chi connectivity index (χ0v) is 25.8. The van der Waals surface area contributed by atoms with Crippen LogP contribution in [-0.2, 0) is 13.1 Å². The molecule has 5 aromatic rings. The lowest BCUT2D eigenvalue weighted by Gasteiger charge is -2.19. The Labute approximate surface area is 266 Å². The summed E-state index contributed by atoms with van der Waals surface area (Å²) < 4.78 is 3.97. The molecule has 2 atom stereocenters. The van der Waals surface area contributed by atoms with Gasteiger partial charge < -0.3 is 29.1 Å². The first-order valence-electron chi connectivity index (χ1n) is 15.2. The standard InChI is InChI=1S/C34H36N8O4/c1-39(10-12-41-19-31(36-21-41)29-15-23(33(43)44)8-9-35-29)18-25-14-27(25)28-16-24(34(45)46)17-30(38-28)32-20-42(22-37-32)13-11-40(2)26-6-4-3-5-7-26/h3-9,15-17,19-22,25,27H,10-14,18H2,1-2H3,(H,43,44)(H,45,46). The fraction of sp³-hybridized carbons (Fsp3) is 0.294. The largest absolute Gasteiger partial charge is 0.478 e. The van der Waals surface area contributed by atoms with E-state index in [1.165, 1.54) is 18.3 Å². The molecule has 12 heteroatoms. The van der Waals surface area contributed by atoms with E-state index in [1.54, 1.807) is 24.8 Å². The van der Waals surface area contributed by atoms with Crippen LogP contribution in [0.1, 0.15) is 38.7 Å². The molecule has 236 valence electrons. The van der Waals surface area contributed by atoms with E-state index in [1.807, 2.05) is 39.7 Å². The van der Waals surface area contributed by atoms with Crippen molar-refractivity contribution in [3.8, 4) is 22.8 Å². The quantitative estimate of drug-likeness (QED) is 0.183. The van der Waals surface area contributed by atoms with E-state index < -0.39 is 11.9 Å². The summed E-state index contributed by atoms with van der Waals surface area (Å²) in [6.45, 7) is 3.87. The molecule has 1 fully saturated rings. The Morgan fingerprint density at radius 2 is 1.46 bits per heavy atom. The first-order chi connectivity index (χ1) is 22.2. The smallest absolute Gasteiger partial charge is 0.335 e. The summed E-state index contributed by atoms with van der Waals surface area (Å²) in [5, 5.41) is 19.1. The number of anilines is 1. The number of carbonyl (C=O) groups is 2. The third-order valence-electron chi connectivity index (χ3n) is 8.37. The molecule has 0 bridgehead atoms. The van der Waals surface area contributed by atoms with Crippen LogP contribution in [0.2, 0.25) is 0 Å². The second kappa shape index (κ2) is 13.3. The number of para-hydroxylation sites is 1. The molecule has 1 aromatic carbocycles. The molecule has 0 amide bonds. The molecule has 4 heterocycles. The third kappa shape index (κ3) is 7.29. The Hall–Kier alpha value is -5.36. The molecule has 2 unspecified atom stereocenters. The summed E-state index contributed by atoms with van der Waals surface area (Å²) in [4.78, 5) is 45.8. The molecule has 0 aliphatic heterocycles. The van der Waals surface area contributed by atoms with Crippen LogP contribution < -0.4 is 4.90 Å². The Balaban J connectivity index is 1.05. The van der Waals surface area contributed by atoms with Crippen LogP contribution in [0.25, 0.3) is 22.8 Å². The number of pyridine rings is 2. The van der Waals surface area contributed by atoms with E-state index in [0.29, 0.717) is 35.2 Å². The predicted octanol–water partition coefficient (Wildman–Crippen LogP) is 4.47. The summed E-state index contributed by atoms with van der Waals surface area (Å²) in [7, 11) is 4.12. The van der Waals surface area contributed by atoms with Gasteiger partial charge in [-0.2, -0.15) is 0 Å². The van der Waals surface area contributed by atoms with E-state index in [9.17, 15) is 19.8 Å². The van der Waals surface area contributed by atoms with E-state index in [2.05, 4.69) is 51.0 Å². The van der Waals surface area contributed by atoms with Gasteiger partial charge in [0, 0.05) is 75.7 Å². The summed E-state index contributed by atoms with van der Waals surface area (Å²) in [6, 6.07) is 16.5. The average Bonchev–Trinajstić information content (AvgIpc) is 3.42. The topological polar surface area (TPSA) is 142 Å². The van der Waals surface area contributed by atoms with Gasteiger partial charge in [-0.05, 0) is 55.8 Å². The van der Waals surface area contributed by atoms with Crippen molar-refractivity contribution in [1.82, 2.24) is 34.0 Å². The number of likely N-dealkylation sites (N-methyl/N-ethyl adjacent to an activating group) is 2. The normalized spacial score (nSPS) is 15.6. The predicted molar refractivity (Wildman–Crippen MR) is 173 cm³/mol. The molecule has 1 aliphatic rings. The van der Waals surface area contributed by atoms with Crippen molar-refractivity contribution in [2.45, 2.75) is 25.4 Å². The molecule has 0 radical (unpaired) electrons. The molecular formula is C34H36N8O4. The Bertz CT molecular complexity index is 1840. The van der Waals surface area contributed by atoms with Crippen molar-refractivity contribution in [2.24, 2.45) is 5.92 Å². The highest BCUT2D eigenvalue weighted by atomic mass is 16.4. The van der Waals surface area contributed by atoms with Gasteiger partial charge in [0.25, 0.3) is 0 Å². The molecule has 6 rings (SSSR count). The zero-order chi connectivity index (χ0) is 32.2. The maximum absolute atomic E-state index is 12.0. The second-order valence-electron chi connectivity index (χ2n) is 11.8. The molecule has 46 heavy (non-hydrogen) atoms. The number of nitrogens with zero attached hydrogens (tertiary/aromatic N) is 8. The fourth-order valence-electron chi connectivity index (χ4n) is 5.60. The van der Waals surface area contributed by atoms with Crippen molar-refractivity contribution in [2.75, 3.05) is 38.6 Å². The molecule has 1 saturated carbocycles. The second-order valence-corrected chi connectivity index (χ2v) is 11.8. The van der Waals surface area contributed by atoms with Crippen LogP contribution in [0.5, 0.6) is 0 Å². The number of hydrogen-bond acceptors (Lipinski definition) is 8. The highest BCUT2D eigenvalue weighted by Gasteiger charge is 2.40. The minimum absolute atomic E-state index is 0.172. The average molecular weight is 621 g/mol. The van der Waals surface area contributed by atoms with Crippen molar-refractivity contribution < 1.29 is 19.8 Å². The van der Waals surface area contributed by atoms with E-state index in [4.69, 9.17) is 4.98 Å². The molecule has 4 aromatic heterocycles. The van der Waals surface area contributed by atoms with Gasteiger partial charge in [-0.3, -0.25) is 9.97 Å². The van der Waals surface area contributed by atoms with Gasteiger partial charge in [-0.15, -0.1) is 0 Å². The molecule has 1 aliphatic carbocycles. The molecule has 0 spiro atoms. The molecule has 0 saturated heterocycles. The highest BCUT2D eigenvalue weighted by molar-refractivity contribution is 5.89. The van der Waals surface area contributed by atoms with Crippen molar-refractivity contribution >= 4 is 17.6 Å². The lowest BCUT2D eigenvalue weighted by molar-refractivity contribution is 0.0686.